The van der Waals surface area contributed by atoms with Gasteiger partial charge in [-0.25, -0.2) is 0 Å². The largest absolute Gasteiger partial charge is 0.454 e. The summed E-state index contributed by atoms with van der Waals surface area (Å²) >= 11 is 4.56. The van der Waals surface area contributed by atoms with Gasteiger partial charge < -0.3 is 28.4 Å². The zero-order valence-corrected chi connectivity index (χ0v) is 19.2. The molecule has 6 nitrogen and oxygen atoms in total. The molecule has 4 rings (SSSR count). The standard InChI is InChI=1S/C20H18I2O6/c21-15-7-19-17(25-11-27-19)5-13(15)9-23-3-1-2-4-24-10-14-6-18-20(8-16(14)22)28-12-26-18/h1-2,5-8H,3-4,9-12H2/b2-1-. The molecule has 2 aromatic rings. The van der Waals surface area contributed by atoms with Crippen LogP contribution in [0.25, 0.3) is 0 Å². The third-order valence-corrected chi connectivity index (χ3v) is 6.20. The van der Waals surface area contributed by atoms with Crippen LogP contribution in [-0.4, -0.2) is 26.8 Å². The molecule has 0 saturated heterocycles. The van der Waals surface area contributed by atoms with Crippen molar-refractivity contribution in [2.24, 2.45) is 0 Å². The average Bonchev–Trinajstić information content (AvgIpc) is 3.32. The second-order valence-electron chi connectivity index (χ2n) is 6.10. The number of rotatable bonds is 8. The second kappa shape index (κ2) is 9.51. The van der Waals surface area contributed by atoms with Gasteiger partial charge in [0.15, 0.2) is 23.0 Å². The molecule has 0 aliphatic carbocycles. The molecule has 148 valence electrons. The maximum absolute atomic E-state index is 5.72. The fourth-order valence-corrected chi connectivity index (χ4v) is 3.94. The quantitative estimate of drug-likeness (QED) is 0.248. The molecular weight excluding hydrogens is 590 g/mol. The van der Waals surface area contributed by atoms with Crippen molar-refractivity contribution < 1.29 is 28.4 Å². The number of benzene rings is 2. The summed E-state index contributed by atoms with van der Waals surface area (Å²) in [6, 6.07) is 7.90. The Hall–Kier alpha value is -1.24. The lowest BCUT2D eigenvalue weighted by Gasteiger charge is -2.07. The highest BCUT2D eigenvalue weighted by Crippen LogP contribution is 2.36. The minimum Gasteiger partial charge on any atom is -0.454 e. The van der Waals surface area contributed by atoms with Crippen molar-refractivity contribution in [1.29, 1.82) is 0 Å². The molecule has 0 aromatic heterocycles. The Kier molecular flexibility index (Phi) is 6.81. The van der Waals surface area contributed by atoms with Gasteiger partial charge >= 0.3 is 0 Å². The summed E-state index contributed by atoms with van der Waals surface area (Å²) in [4.78, 5) is 0. The van der Waals surface area contributed by atoms with E-state index in [0.29, 0.717) is 26.4 Å². The van der Waals surface area contributed by atoms with Crippen molar-refractivity contribution in [3.63, 3.8) is 0 Å². The van der Waals surface area contributed by atoms with E-state index in [1.165, 1.54) is 0 Å². The molecule has 2 aliphatic rings. The summed E-state index contributed by atoms with van der Waals surface area (Å²) in [6.07, 6.45) is 3.93. The third-order valence-electron chi connectivity index (χ3n) is 4.19. The monoisotopic (exact) mass is 608 g/mol. The Bertz CT molecular complexity index is 812. The number of halogens is 2. The van der Waals surface area contributed by atoms with E-state index in [1.54, 1.807) is 0 Å². The molecular formula is C20H18I2O6. The highest BCUT2D eigenvalue weighted by Gasteiger charge is 2.17. The van der Waals surface area contributed by atoms with E-state index in [2.05, 4.69) is 45.2 Å². The molecule has 0 radical (unpaired) electrons. The Labute approximate surface area is 190 Å². The highest BCUT2D eigenvalue weighted by atomic mass is 127. The molecule has 0 unspecified atom stereocenters. The summed E-state index contributed by atoms with van der Waals surface area (Å²) in [6.45, 7) is 2.66. The van der Waals surface area contributed by atoms with Crippen LogP contribution >= 0.6 is 45.2 Å². The van der Waals surface area contributed by atoms with Gasteiger partial charge in [-0.2, -0.15) is 0 Å². The number of hydrogen-bond donors (Lipinski definition) is 0. The summed E-state index contributed by atoms with van der Waals surface area (Å²) in [5, 5.41) is 0. The van der Waals surface area contributed by atoms with Gasteiger partial charge in [0.05, 0.1) is 26.4 Å². The first-order valence-electron chi connectivity index (χ1n) is 8.67. The van der Waals surface area contributed by atoms with Gasteiger partial charge in [-0.15, -0.1) is 0 Å². The van der Waals surface area contributed by atoms with Crippen LogP contribution in [-0.2, 0) is 22.7 Å². The van der Waals surface area contributed by atoms with Crippen molar-refractivity contribution >= 4 is 45.2 Å². The summed E-state index contributed by atoms with van der Waals surface area (Å²) in [5.74, 6) is 3.15. The number of hydrogen-bond acceptors (Lipinski definition) is 6. The summed E-state index contributed by atoms with van der Waals surface area (Å²) < 4.78 is 35.2. The first kappa shape index (κ1) is 20.0. The van der Waals surface area contributed by atoms with E-state index in [4.69, 9.17) is 28.4 Å². The molecule has 28 heavy (non-hydrogen) atoms. The van der Waals surface area contributed by atoms with Gasteiger partial charge in [0, 0.05) is 7.14 Å². The topological polar surface area (TPSA) is 55.4 Å². The summed E-state index contributed by atoms with van der Waals surface area (Å²) in [7, 11) is 0. The van der Waals surface area contributed by atoms with Crippen molar-refractivity contribution in [3.05, 3.63) is 54.7 Å². The molecule has 0 atom stereocenters. The lowest BCUT2D eigenvalue weighted by atomic mass is 10.2. The fraction of sp³-hybridized carbons (Fsp3) is 0.300. The molecule has 0 N–H and O–H groups in total. The summed E-state index contributed by atoms with van der Waals surface area (Å²) in [5.41, 5.74) is 2.18. The van der Waals surface area contributed by atoms with E-state index in [0.717, 1.165) is 41.3 Å². The minimum atomic E-state index is 0.282. The first-order valence-corrected chi connectivity index (χ1v) is 10.8. The highest BCUT2D eigenvalue weighted by molar-refractivity contribution is 14.1. The molecule has 0 spiro atoms. The molecule has 2 aromatic carbocycles. The fourth-order valence-electron chi connectivity index (χ4n) is 2.75. The third kappa shape index (κ3) is 4.84. The van der Waals surface area contributed by atoms with Gasteiger partial charge in [0.2, 0.25) is 13.6 Å². The van der Waals surface area contributed by atoms with Crippen LogP contribution in [0.15, 0.2) is 36.4 Å². The molecule has 2 heterocycles. The average molecular weight is 608 g/mol. The van der Waals surface area contributed by atoms with Crippen LogP contribution in [0.3, 0.4) is 0 Å². The smallest absolute Gasteiger partial charge is 0.231 e. The van der Waals surface area contributed by atoms with Crippen molar-refractivity contribution in [2.45, 2.75) is 13.2 Å². The predicted octanol–water partition coefficient (Wildman–Crippen LogP) is 4.64. The molecule has 0 bridgehead atoms. The van der Waals surface area contributed by atoms with Crippen LogP contribution in [0.4, 0.5) is 0 Å². The molecule has 2 aliphatic heterocycles. The van der Waals surface area contributed by atoms with Crippen LogP contribution in [0.1, 0.15) is 11.1 Å². The zero-order valence-electron chi connectivity index (χ0n) is 14.9. The van der Waals surface area contributed by atoms with E-state index in [-0.39, 0.29) is 13.6 Å². The second-order valence-corrected chi connectivity index (χ2v) is 8.42. The van der Waals surface area contributed by atoms with Crippen molar-refractivity contribution in [2.75, 3.05) is 26.8 Å². The normalized spacial score (nSPS) is 14.2. The Morgan fingerprint density at radius 1 is 0.679 bits per heavy atom. The molecule has 0 saturated carbocycles. The predicted molar refractivity (Wildman–Crippen MR) is 119 cm³/mol. The zero-order chi connectivity index (χ0) is 19.3. The van der Waals surface area contributed by atoms with Crippen LogP contribution in [0.5, 0.6) is 23.0 Å². The van der Waals surface area contributed by atoms with E-state index >= 15 is 0 Å². The van der Waals surface area contributed by atoms with Crippen LogP contribution in [0.2, 0.25) is 0 Å². The SMILES string of the molecule is Ic1cc2c(cc1COC/C=C\COCc1cc3c(cc1I)OCO3)OCO2. The van der Waals surface area contributed by atoms with Gasteiger partial charge in [-0.05, 0) is 80.6 Å². The number of ether oxygens (including phenoxy) is 6. The minimum absolute atomic E-state index is 0.282. The molecule has 8 heteroatoms. The van der Waals surface area contributed by atoms with E-state index in [1.807, 2.05) is 36.4 Å². The van der Waals surface area contributed by atoms with Crippen molar-refractivity contribution in [1.82, 2.24) is 0 Å². The lowest BCUT2D eigenvalue weighted by Crippen LogP contribution is -1.98. The van der Waals surface area contributed by atoms with Crippen molar-refractivity contribution in [3.8, 4) is 23.0 Å². The first-order chi connectivity index (χ1) is 13.7. The van der Waals surface area contributed by atoms with Gasteiger partial charge in [-0.1, -0.05) is 12.2 Å². The van der Waals surface area contributed by atoms with Gasteiger partial charge in [0.25, 0.3) is 0 Å². The van der Waals surface area contributed by atoms with E-state index in [9.17, 15) is 0 Å². The molecule has 0 fully saturated rings. The van der Waals surface area contributed by atoms with Gasteiger partial charge in [0.1, 0.15) is 0 Å². The Balaban J connectivity index is 1.17. The Morgan fingerprint density at radius 3 is 1.50 bits per heavy atom. The maximum Gasteiger partial charge on any atom is 0.231 e. The number of fused-ring (bicyclic) bond motifs is 2. The van der Waals surface area contributed by atoms with E-state index < -0.39 is 0 Å². The van der Waals surface area contributed by atoms with Crippen LogP contribution < -0.4 is 18.9 Å². The lowest BCUT2D eigenvalue weighted by molar-refractivity contribution is 0.139. The maximum atomic E-state index is 5.72. The van der Waals surface area contributed by atoms with Crippen LogP contribution in [0, 0.1) is 7.14 Å². The van der Waals surface area contributed by atoms with Gasteiger partial charge in [-0.3, -0.25) is 0 Å². The Morgan fingerprint density at radius 2 is 1.07 bits per heavy atom. The molecule has 0 amide bonds.